The summed E-state index contributed by atoms with van der Waals surface area (Å²) in [6.45, 7) is 5.25. The van der Waals surface area contributed by atoms with Gasteiger partial charge in [0.15, 0.2) is 0 Å². The SMILES string of the molecule is CCOc1ccccc1C(=O)NC[C@H](c1ccccc1)N1CCCC1. The summed E-state index contributed by atoms with van der Waals surface area (Å²) in [7, 11) is 0. The lowest BCUT2D eigenvalue weighted by molar-refractivity contribution is 0.0934. The fourth-order valence-electron chi connectivity index (χ4n) is 3.41. The molecule has 1 N–H and O–H groups in total. The molecule has 0 spiro atoms. The van der Waals surface area contributed by atoms with Gasteiger partial charge in [-0.25, -0.2) is 0 Å². The van der Waals surface area contributed by atoms with Crippen molar-refractivity contribution in [1.82, 2.24) is 10.2 Å². The first kappa shape index (κ1) is 17.5. The maximum Gasteiger partial charge on any atom is 0.255 e. The predicted octanol–water partition coefficient (Wildman–Crippen LogP) is 3.65. The van der Waals surface area contributed by atoms with Crippen LogP contribution in [0.2, 0.25) is 0 Å². The summed E-state index contributed by atoms with van der Waals surface area (Å²) in [6, 6.07) is 18.1. The summed E-state index contributed by atoms with van der Waals surface area (Å²) in [5.74, 6) is 0.559. The molecule has 2 aromatic rings. The zero-order valence-electron chi connectivity index (χ0n) is 14.8. The third kappa shape index (κ3) is 4.40. The summed E-state index contributed by atoms with van der Waals surface area (Å²) >= 11 is 0. The van der Waals surface area contributed by atoms with E-state index in [4.69, 9.17) is 4.74 Å². The molecule has 25 heavy (non-hydrogen) atoms. The zero-order valence-corrected chi connectivity index (χ0v) is 14.8. The van der Waals surface area contributed by atoms with Crippen molar-refractivity contribution >= 4 is 5.91 Å². The highest BCUT2D eigenvalue weighted by atomic mass is 16.5. The van der Waals surface area contributed by atoms with E-state index in [0.717, 1.165) is 13.1 Å². The standard InChI is InChI=1S/C21H26N2O2/c1-2-25-20-13-7-6-12-18(20)21(24)22-16-19(23-14-8-9-15-23)17-10-4-3-5-11-17/h3-7,10-13,19H,2,8-9,14-16H2,1H3,(H,22,24)/t19-/m1/s1. The molecule has 1 amide bonds. The molecule has 1 heterocycles. The van der Waals surface area contributed by atoms with Crippen LogP contribution in [-0.4, -0.2) is 37.0 Å². The predicted molar refractivity (Wildman–Crippen MR) is 99.9 cm³/mol. The minimum absolute atomic E-state index is 0.0795. The molecule has 0 unspecified atom stereocenters. The van der Waals surface area contributed by atoms with Crippen LogP contribution in [0.3, 0.4) is 0 Å². The van der Waals surface area contributed by atoms with Crippen molar-refractivity contribution in [2.45, 2.75) is 25.8 Å². The number of hydrogen-bond acceptors (Lipinski definition) is 3. The van der Waals surface area contributed by atoms with E-state index in [0.29, 0.717) is 24.5 Å². The first-order valence-corrected chi connectivity index (χ1v) is 9.08. The number of nitrogens with one attached hydrogen (secondary N) is 1. The second-order valence-electron chi connectivity index (χ2n) is 6.31. The third-order valence-corrected chi connectivity index (χ3v) is 4.65. The number of hydrogen-bond donors (Lipinski definition) is 1. The Hall–Kier alpha value is -2.33. The van der Waals surface area contributed by atoms with E-state index in [9.17, 15) is 4.79 Å². The maximum atomic E-state index is 12.7. The number of ether oxygens (including phenoxy) is 1. The van der Waals surface area contributed by atoms with Crippen LogP contribution < -0.4 is 10.1 Å². The van der Waals surface area contributed by atoms with E-state index in [2.05, 4.69) is 34.5 Å². The van der Waals surface area contributed by atoms with Crippen LogP contribution in [0, 0.1) is 0 Å². The Labute approximate surface area is 149 Å². The highest BCUT2D eigenvalue weighted by Crippen LogP contribution is 2.25. The number of amides is 1. The molecular weight excluding hydrogens is 312 g/mol. The number of para-hydroxylation sites is 1. The number of nitrogens with zero attached hydrogens (tertiary/aromatic N) is 1. The summed E-state index contributed by atoms with van der Waals surface area (Å²) in [4.78, 5) is 15.1. The van der Waals surface area contributed by atoms with Crippen molar-refractivity contribution in [3.63, 3.8) is 0 Å². The molecule has 2 aromatic carbocycles. The quantitative estimate of drug-likeness (QED) is 0.838. The van der Waals surface area contributed by atoms with Gasteiger partial charge in [-0.15, -0.1) is 0 Å². The van der Waals surface area contributed by atoms with Crippen molar-refractivity contribution in [1.29, 1.82) is 0 Å². The molecule has 0 aliphatic carbocycles. The van der Waals surface area contributed by atoms with Crippen LogP contribution >= 0.6 is 0 Å². The monoisotopic (exact) mass is 338 g/mol. The molecule has 0 aromatic heterocycles. The Morgan fingerprint density at radius 2 is 1.76 bits per heavy atom. The number of carbonyl (C=O) groups excluding carboxylic acids is 1. The van der Waals surface area contributed by atoms with E-state index >= 15 is 0 Å². The molecule has 0 radical (unpaired) electrons. The number of benzene rings is 2. The molecule has 1 atom stereocenters. The molecule has 1 aliphatic rings. The summed E-state index contributed by atoms with van der Waals surface area (Å²) in [6.07, 6.45) is 2.45. The van der Waals surface area contributed by atoms with Gasteiger partial charge < -0.3 is 10.1 Å². The fraction of sp³-hybridized carbons (Fsp3) is 0.381. The maximum absolute atomic E-state index is 12.7. The van der Waals surface area contributed by atoms with Crippen molar-refractivity contribution in [3.8, 4) is 5.75 Å². The minimum Gasteiger partial charge on any atom is -0.493 e. The fourth-order valence-corrected chi connectivity index (χ4v) is 3.41. The van der Waals surface area contributed by atoms with Crippen LogP contribution in [0.1, 0.15) is 41.7 Å². The van der Waals surface area contributed by atoms with Gasteiger partial charge in [-0.2, -0.15) is 0 Å². The Bertz CT molecular complexity index is 681. The molecule has 132 valence electrons. The van der Waals surface area contributed by atoms with Gasteiger partial charge in [0.2, 0.25) is 0 Å². The van der Waals surface area contributed by atoms with Gasteiger partial charge in [0.05, 0.1) is 18.2 Å². The van der Waals surface area contributed by atoms with Crippen molar-refractivity contribution in [2.24, 2.45) is 0 Å². The lowest BCUT2D eigenvalue weighted by atomic mass is 10.1. The Kier molecular flexibility index (Phi) is 6.07. The van der Waals surface area contributed by atoms with E-state index in [1.165, 1.54) is 18.4 Å². The molecule has 4 nitrogen and oxygen atoms in total. The lowest BCUT2D eigenvalue weighted by Crippen LogP contribution is -2.36. The highest BCUT2D eigenvalue weighted by Gasteiger charge is 2.24. The van der Waals surface area contributed by atoms with Gasteiger partial charge in [-0.3, -0.25) is 9.69 Å². The van der Waals surface area contributed by atoms with Crippen molar-refractivity contribution in [2.75, 3.05) is 26.2 Å². The third-order valence-electron chi connectivity index (χ3n) is 4.65. The largest absolute Gasteiger partial charge is 0.493 e. The average Bonchev–Trinajstić information content (AvgIpc) is 3.18. The van der Waals surface area contributed by atoms with Crippen molar-refractivity contribution < 1.29 is 9.53 Å². The molecule has 4 heteroatoms. The summed E-state index contributed by atoms with van der Waals surface area (Å²) in [5, 5.41) is 3.11. The summed E-state index contributed by atoms with van der Waals surface area (Å²) < 4.78 is 5.58. The van der Waals surface area contributed by atoms with E-state index in [-0.39, 0.29) is 11.9 Å². The van der Waals surface area contributed by atoms with Gasteiger partial charge >= 0.3 is 0 Å². The molecule has 1 saturated heterocycles. The first-order valence-electron chi connectivity index (χ1n) is 9.08. The molecule has 0 saturated carbocycles. The van der Waals surface area contributed by atoms with E-state index in [1.54, 1.807) is 0 Å². The second-order valence-corrected chi connectivity index (χ2v) is 6.31. The van der Waals surface area contributed by atoms with Crippen LogP contribution in [-0.2, 0) is 0 Å². The molecule has 1 aliphatic heterocycles. The Balaban J connectivity index is 1.72. The zero-order chi connectivity index (χ0) is 17.5. The summed E-state index contributed by atoms with van der Waals surface area (Å²) in [5.41, 5.74) is 1.85. The van der Waals surface area contributed by atoms with Crippen LogP contribution in [0.25, 0.3) is 0 Å². The molecular formula is C21H26N2O2. The van der Waals surface area contributed by atoms with Gasteiger partial charge in [-0.1, -0.05) is 42.5 Å². The average molecular weight is 338 g/mol. The lowest BCUT2D eigenvalue weighted by Gasteiger charge is -2.28. The van der Waals surface area contributed by atoms with Gasteiger partial charge in [0.25, 0.3) is 5.91 Å². The van der Waals surface area contributed by atoms with Crippen molar-refractivity contribution in [3.05, 3.63) is 65.7 Å². The van der Waals surface area contributed by atoms with Crippen LogP contribution in [0.5, 0.6) is 5.75 Å². The normalized spacial score (nSPS) is 15.7. The van der Waals surface area contributed by atoms with Crippen LogP contribution in [0.4, 0.5) is 0 Å². The van der Waals surface area contributed by atoms with Crippen LogP contribution in [0.15, 0.2) is 54.6 Å². The molecule has 1 fully saturated rings. The number of rotatable bonds is 7. The Morgan fingerprint density at radius 1 is 1.08 bits per heavy atom. The number of carbonyl (C=O) groups is 1. The number of likely N-dealkylation sites (tertiary alicyclic amines) is 1. The van der Waals surface area contributed by atoms with E-state index in [1.807, 2.05) is 37.3 Å². The second kappa shape index (κ2) is 8.67. The molecule has 0 bridgehead atoms. The minimum atomic E-state index is -0.0795. The van der Waals surface area contributed by atoms with Gasteiger partial charge in [0.1, 0.15) is 5.75 Å². The van der Waals surface area contributed by atoms with Gasteiger partial charge in [-0.05, 0) is 50.6 Å². The highest BCUT2D eigenvalue weighted by molar-refractivity contribution is 5.96. The van der Waals surface area contributed by atoms with E-state index < -0.39 is 0 Å². The van der Waals surface area contributed by atoms with Gasteiger partial charge in [0, 0.05) is 6.54 Å². The Morgan fingerprint density at radius 3 is 2.48 bits per heavy atom. The topological polar surface area (TPSA) is 41.6 Å². The molecule has 3 rings (SSSR count). The smallest absolute Gasteiger partial charge is 0.255 e. The first-order chi connectivity index (χ1) is 12.3.